The van der Waals surface area contributed by atoms with Gasteiger partial charge in [-0.15, -0.1) is 0 Å². The zero-order chi connectivity index (χ0) is 13.3. The molecule has 0 bridgehead atoms. The van der Waals surface area contributed by atoms with Crippen molar-refractivity contribution in [3.8, 4) is 0 Å². The maximum Gasteiger partial charge on any atom is 0.264 e. The molecule has 0 N–H and O–H groups in total. The van der Waals surface area contributed by atoms with Crippen molar-refractivity contribution in [1.29, 1.82) is 0 Å². The molecule has 0 aromatic carbocycles. The smallest absolute Gasteiger partial charge is 0.264 e. The van der Waals surface area contributed by atoms with E-state index in [1.165, 1.54) is 23.2 Å². The zero-order valence-electron chi connectivity index (χ0n) is 9.97. The lowest BCUT2D eigenvalue weighted by Crippen LogP contribution is -2.25. The highest BCUT2D eigenvalue weighted by Gasteiger charge is 2.11. The van der Waals surface area contributed by atoms with Gasteiger partial charge in [0, 0.05) is 12.2 Å². The van der Waals surface area contributed by atoms with Crippen LogP contribution >= 0.6 is 22.6 Å². The Labute approximate surface area is 117 Å². The molecule has 0 unspecified atom stereocenters. The number of rotatable bonds is 3. The lowest BCUT2D eigenvalue weighted by Gasteiger charge is -2.10. The van der Waals surface area contributed by atoms with E-state index in [-0.39, 0.29) is 18.1 Å². The molecule has 0 aliphatic rings. The van der Waals surface area contributed by atoms with Crippen LogP contribution in [-0.2, 0) is 6.54 Å². The highest BCUT2D eigenvalue weighted by molar-refractivity contribution is 14.1. The topological polar surface area (TPSA) is 52.7 Å². The summed E-state index contributed by atoms with van der Waals surface area (Å²) >= 11 is 1.82. The minimum atomic E-state index is -0.436. The molecule has 5 nitrogen and oxygen atoms in total. The maximum absolute atomic E-state index is 13.3. The van der Waals surface area contributed by atoms with Crippen LogP contribution in [0.15, 0.2) is 23.4 Å². The predicted molar refractivity (Wildman–Crippen MR) is 72.9 cm³/mol. The molecule has 2 aromatic rings. The van der Waals surface area contributed by atoms with Crippen molar-refractivity contribution in [2.45, 2.75) is 26.4 Å². The van der Waals surface area contributed by atoms with Crippen molar-refractivity contribution in [3.05, 3.63) is 44.2 Å². The molecule has 18 heavy (non-hydrogen) atoms. The summed E-state index contributed by atoms with van der Waals surface area (Å²) < 4.78 is 16.7. The van der Waals surface area contributed by atoms with Crippen LogP contribution < -0.4 is 5.56 Å². The maximum atomic E-state index is 13.3. The van der Waals surface area contributed by atoms with Crippen LogP contribution in [0.1, 0.15) is 25.7 Å². The van der Waals surface area contributed by atoms with Gasteiger partial charge in [0.05, 0.1) is 10.1 Å². The number of hydrogen-bond donors (Lipinski definition) is 0. The summed E-state index contributed by atoms with van der Waals surface area (Å²) in [6.45, 7) is 4.15. The van der Waals surface area contributed by atoms with E-state index in [4.69, 9.17) is 0 Å². The van der Waals surface area contributed by atoms with E-state index in [1.807, 2.05) is 36.4 Å². The lowest BCUT2D eigenvalue weighted by atomic mass is 10.4. The standard InChI is InChI=1S/C11H12FIN4O/c1-7(2)17-10(14-6-15-17)5-16-4-8(12)3-9(13)11(16)18/h3-4,6-7H,5H2,1-2H3. The van der Waals surface area contributed by atoms with E-state index < -0.39 is 5.82 Å². The van der Waals surface area contributed by atoms with Crippen LogP contribution in [0.4, 0.5) is 4.39 Å². The Hall–Kier alpha value is -1.25. The summed E-state index contributed by atoms with van der Waals surface area (Å²) in [5, 5.41) is 4.08. The van der Waals surface area contributed by atoms with Gasteiger partial charge >= 0.3 is 0 Å². The van der Waals surface area contributed by atoms with Gasteiger partial charge in [-0.2, -0.15) is 5.10 Å². The molecule has 0 fully saturated rings. The van der Waals surface area contributed by atoms with Gasteiger partial charge in [0.2, 0.25) is 0 Å². The second-order valence-corrected chi connectivity index (χ2v) is 5.32. The SMILES string of the molecule is CC(C)n1ncnc1Cn1cc(F)cc(I)c1=O. The number of aromatic nitrogens is 4. The van der Waals surface area contributed by atoms with Gasteiger partial charge in [-0.05, 0) is 42.5 Å². The Balaban J connectivity index is 2.40. The Morgan fingerprint density at radius 2 is 2.22 bits per heavy atom. The molecule has 0 spiro atoms. The Morgan fingerprint density at radius 3 is 2.89 bits per heavy atom. The fourth-order valence-corrected chi connectivity index (χ4v) is 2.26. The summed E-state index contributed by atoms with van der Waals surface area (Å²) in [5.41, 5.74) is -0.227. The number of halogens is 2. The zero-order valence-corrected chi connectivity index (χ0v) is 12.1. The third-order valence-electron chi connectivity index (χ3n) is 2.46. The first kappa shape index (κ1) is 13.2. The Kier molecular flexibility index (Phi) is 3.79. The largest absolute Gasteiger partial charge is 0.304 e. The first-order valence-corrected chi connectivity index (χ1v) is 6.50. The first-order valence-electron chi connectivity index (χ1n) is 5.43. The predicted octanol–water partition coefficient (Wildman–Crippen LogP) is 1.81. The number of hydrogen-bond acceptors (Lipinski definition) is 3. The summed E-state index contributed by atoms with van der Waals surface area (Å²) in [6.07, 6.45) is 2.62. The van der Waals surface area contributed by atoms with E-state index >= 15 is 0 Å². The van der Waals surface area contributed by atoms with Crippen LogP contribution in [0.25, 0.3) is 0 Å². The first-order chi connectivity index (χ1) is 8.49. The Bertz CT molecular complexity index is 620. The van der Waals surface area contributed by atoms with Gasteiger partial charge in [0.15, 0.2) is 0 Å². The molecule has 0 aliphatic carbocycles. The third-order valence-corrected chi connectivity index (χ3v) is 3.23. The molecule has 2 heterocycles. The molecule has 2 rings (SSSR count). The van der Waals surface area contributed by atoms with E-state index in [0.717, 1.165) is 0 Å². The van der Waals surface area contributed by atoms with Crippen molar-refractivity contribution in [2.75, 3.05) is 0 Å². The van der Waals surface area contributed by atoms with Crippen molar-refractivity contribution in [2.24, 2.45) is 0 Å². The van der Waals surface area contributed by atoms with Crippen LogP contribution in [0, 0.1) is 9.39 Å². The number of nitrogens with zero attached hydrogens (tertiary/aromatic N) is 4. The molecule has 2 aromatic heterocycles. The molecule has 0 aliphatic heterocycles. The van der Waals surface area contributed by atoms with E-state index in [0.29, 0.717) is 9.39 Å². The fraction of sp³-hybridized carbons (Fsp3) is 0.364. The summed E-state index contributed by atoms with van der Waals surface area (Å²) in [4.78, 5) is 16.0. The van der Waals surface area contributed by atoms with E-state index in [9.17, 15) is 9.18 Å². The van der Waals surface area contributed by atoms with E-state index in [2.05, 4.69) is 10.1 Å². The van der Waals surface area contributed by atoms with Gasteiger partial charge in [-0.3, -0.25) is 4.79 Å². The molecule has 0 saturated carbocycles. The normalized spacial score (nSPS) is 11.2. The summed E-state index contributed by atoms with van der Waals surface area (Å²) in [6, 6.07) is 1.36. The quantitative estimate of drug-likeness (QED) is 0.783. The minimum absolute atomic E-state index is 0.144. The Morgan fingerprint density at radius 1 is 1.50 bits per heavy atom. The number of pyridine rings is 1. The molecule has 7 heteroatoms. The molecule has 0 atom stereocenters. The van der Waals surface area contributed by atoms with E-state index in [1.54, 1.807) is 4.68 Å². The molecule has 0 radical (unpaired) electrons. The average molecular weight is 362 g/mol. The van der Waals surface area contributed by atoms with Crippen LogP contribution in [0.2, 0.25) is 0 Å². The van der Waals surface area contributed by atoms with Crippen LogP contribution in [0.3, 0.4) is 0 Å². The molecule has 0 saturated heterocycles. The molecule has 0 amide bonds. The van der Waals surface area contributed by atoms with Gasteiger partial charge in [-0.25, -0.2) is 14.1 Å². The molecular weight excluding hydrogens is 350 g/mol. The summed E-state index contributed by atoms with van der Waals surface area (Å²) in [7, 11) is 0. The van der Waals surface area contributed by atoms with Gasteiger partial charge in [0.1, 0.15) is 18.0 Å². The van der Waals surface area contributed by atoms with Crippen molar-refractivity contribution in [3.63, 3.8) is 0 Å². The second-order valence-electron chi connectivity index (χ2n) is 4.15. The lowest BCUT2D eigenvalue weighted by molar-refractivity contribution is 0.490. The van der Waals surface area contributed by atoms with Crippen molar-refractivity contribution >= 4 is 22.6 Å². The van der Waals surface area contributed by atoms with Gasteiger partial charge in [-0.1, -0.05) is 0 Å². The highest BCUT2D eigenvalue weighted by atomic mass is 127. The van der Waals surface area contributed by atoms with Crippen LogP contribution in [-0.4, -0.2) is 19.3 Å². The third kappa shape index (κ3) is 2.60. The second kappa shape index (κ2) is 5.17. The molecule has 96 valence electrons. The monoisotopic (exact) mass is 362 g/mol. The van der Waals surface area contributed by atoms with Crippen LogP contribution in [0.5, 0.6) is 0 Å². The average Bonchev–Trinajstić information content (AvgIpc) is 2.73. The molecular formula is C11H12FIN4O. The highest BCUT2D eigenvalue weighted by Crippen LogP contribution is 2.07. The van der Waals surface area contributed by atoms with Gasteiger partial charge < -0.3 is 4.57 Å². The van der Waals surface area contributed by atoms with Gasteiger partial charge in [0.25, 0.3) is 5.56 Å². The summed E-state index contributed by atoms with van der Waals surface area (Å²) in [5.74, 6) is 0.197. The van der Waals surface area contributed by atoms with Crippen molar-refractivity contribution in [1.82, 2.24) is 19.3 Å². The minimum Gasteiger partial charge on any atom is -0.304 e. The van der Waals surface area contributed by atoms with Crippen molar-refractivity contribution < 1.29 is 4.39 Å². The fourth-order valence-electron chi connectivity index (χ4n) is 1.65.